The first kappa shape index (κ1) is 24.0. The van der Waals surface area contributed by atoms with Crippen molar-refractivity contribution >= 4 is 34.3 Å². The van der Waals surface area contributed by atoms with Gasteiger partial charge >= 0.3 is 0 Å². The summed E-state index contributed by atoms with van der Waals surface area (Å²) in [6.45, 7) is 7.30. The number of para-hydroxylation sites is 1. The number of hydrogen-bond donors (Lipinski definition) is 4. The van der Waals surface area contributed by atoms with Gasteiger partial charge in [-0.25, -0.2) is 0 Å². The van der Waals surface area contributed by atoms with Crippen LogP contribution in [0.4, 0.5) is 5.69 Å². The standard InChI is InChI=1S/C26H32N4O3/c1-5-24(31)29-20-12-10-18(11-13-20)17(4)28-26(33)23(30-25(32)16(2)3)14-19-15-27-22-9-7-6-8-21(19)22/h6-13,15-17,23,27H,5,14H2,1-4H3,(H,28,33)(H,29,31)(H,30,32). The third-order valence-electron chi connectivity index (χ3n) is 5.63. The lowest BCUT2D eigenvalue weighted by molar-refractivity contribution is -0.130. The number of carbonyl (C=O) groups is 3. The van der Waals surface area contributed by atoms with Crippen molar-refractivity contribution in [3.8, 4) is 0 Å². The van der Waals surface area contributed by atoms with Crippen LogP contribution in [0, 0.1) is 5.92 Å². The minimum atomic E-state index is -0.704. The van der Waals surface area contributed by atoms with E-state index >= 15 is 0 Å². The van der Waals surface area contributed by atoms with E-state index in [1.165, 1.54) is 0 Å². The first-order chi connectivity index (χ1) is 15.8. The number of carbonyl (C=O) groups excluding carboxylic acids is 3. The van der Waals surface area contributed by atoms with E-state index in [-0.39, 0.29) is 29.7 Å². The van der Waals surface area contributed by atoms with E-state index in [1.54, 1.807) is 20.8 Å². The van der Waals surface area contributed by atoms with E-state index in [0.717, 1.165) is 22.0 Å². The predicted molar refractivity (Wildman–Crippen MR) is 131 cm³/mol. The highest BCUT2D eigenvalue weighted by molar-refractivity contribution is 5.91. The smallest absolute Gasteiger partial charge is 0.243 e. The summed E-state index contributed by atoms with van der Waals surface area (Å²) in [5.74, 6) is -0.694. The maximum atomic E-state index is 13.2. The lowest BCUT2D eigenvalue weighted by Gasteiger charge is -2.22. The molecule has 0 saturated heterocycles. The van der Waals surface area contributed by atoms with Crippen molar-refractivity contribution in [3.05, 3.63) is 65.9 Å². The van der Waals surface area contributed by atoms with Gasteiger partial charge in [-0.3, -0.25) is 14.4 Å². The van der Waals surface area contributed by atoms with E-state index in [0.29, 0.717) is 18.5 Å². The monoisotopic (exact) mass is 448 g/mol. The van der Waals surface area contributed by atoms with Crippen molar-refractivity contribution in [1.29, 1.82) is 0 Å². The molecule has 1 aromatic heterocycles. The number of aromatic amines is 1. The van der Waals surface area contributed by atoms with Gasteiger partial charge in [-0.1, -0.05) is 51.1 Å². The summed E-state index contributed by atoms with van der Waals surface area (Å²) < 4.78 is 0. The van der Waals surface area contributed by atoms with Crippen molar-refractivity contribution < 1.29 is 14.4 Å². The van der Waals surface area contributed by atoms with Crippen LogP contribution in [0.15, 0.2) is 54.7 Å². The Balaban J connectivity index is 1.73. The summed E-state index contributed by atoms with van der Waals surface area (Å²) in [4.78, 5) is 40.4. The first-order valence-corrected chi connectivity index (χ1v) is 11.3. The molecule has 2 atom stereocenters. The maximum Gasteiger partial charge on any atom is 0.243 e. The molecule has 3 rings (SSSR count). The molecule has 0 bridgehead atoms. The molecule has 0 aliphatic rings. The number of hydrogen-bond acceptors (Lipinski definition) is 3. The van der Waals surface area contributed by atoms with E-state index in [4.69, 9.17) is 0 Å². The zero-order valence-electron chi connectivity index (χ0n) is 19.6. The van der Waals surface area contributed by atoms with Crippen LogP contribution in [-0.4, -0.2) is 28.7 Å². The second-order valence-corrected chi connectivity index (χ2v) is 8.53. The lowest BCUT2D eigenvalue weighted by atomic mass is 10.0. The quantitative estimate of drug-likeness (QED) is 0.397. The van der Waals surface area contributed by atoms with Crippen LogP contribution in [0.2, 0.25) is 0 Å². The van der Waals surface area contributed by atoms with E-state index in [9.17, 15) is 14.4 Å². The SMILES string of the molecule is CCC(=O)Nc1ccc(C(C)NC(=O)C(Cc2c[nH]c3ccccc23)NC(=O)C(C)C)cc1. The molecule has 3 aromatic rings. The van der Waals surface area contributed by atoms with Gasteiger partial charge in [-0.05, 0) is 36.2 Å². The zero-order valence-corrected chi connectivity index (χ0v) is 19.6. The predicted octanol–water partition coefficient (Wildman–Crippen LogP) is 4.08. The number of nitrogens with one attached hydrogen (secondary N) is 4. The number of benzene rings is 2. The number of aromatic nitrogens is 1. The molecule has 7 nitrogen and oxygen atoms in total. The van der Waals surface area contributed by atoms with E-state index in [2.05, 4.69) is 20.9 Å². The molecule has 0 radical (unpaired) electrons. The highest BCUT2D eigenvalue weighted by Gasteiger charge is 2.25. The van der Waals surface area contributed by atoms with Crippen LogP contribution >= 0.6 is 0 Å². The molecule has 3 amide bonds. The molecule has 1 heterocycles. The largest absolute Gasteiger partial charge is 0.361 e. The number of anilines is 1. The lowest BCUT2D eigenvalue weighted by Crippen LogP contribution is -2.49. The second kappa shape index (κ2) is 10.8. The average Bonchev–Trinajstić information content (AvgIpc) is 3.21. The summed E-state index contributed by atoms with van der Waals surface area (Å²) >= 11 is 0. The Kier molecular flexibility index (Phi) is 7.87. The Hall–Kier alpha value is -3.61. The third-order valence-corrected chi connectivity index (χ3v) is 5.63. The molecule has 174 valence electrons. The van der Waals surface area contributed by atoms with Crippen molar-refractivity contribution in [1.82, 2.24) is 15.6 Å². The maximum absolute atomic E-state index is 13.2. The summed E-state index contributed by atoms with van der Waals surface area (Å²) in [6.07, 6.45) is 2.68. The van der Waals surface area contributed by atoms with Gasteiger partial charge in [-0.15, -0.1) is 0 Å². The van der Waals surface area contributed by atoms with Gasteiger partial charge in [0, 0.05) is 41.5 Å². The molecular formula is C26H32N4O3. The molecule has 33 heavy (non-hydrogen) atoms. The fraction of sp³-hybridized carbons (Fsp3) is 0.346. The van der Waals surface area contributed by atoms with E-state index < -0.39 is 6.04 Å². The average molecular weight is 449 g/mol. The molecule has 0 saturated carbocycles. The highest BCUT2D eigenvalue weighted by atomic mass is 16.2. The Morgan fingerprint density at radius 1 is 0.909 bits per heavy atom. The van der Waals surface area contributed by atoms with Gasteiger partial charge in [-0.2, -0.15) is 0 Å². The van der Waals surface area contributed by atoms with Gasteiger partial charge in [0.2, 0.25) is 17.7 Å². The molecule has 4 N–H and O–H groups in total. The van der Waals surface area contributed by atoms with Gasteiger partial charge in [0.25, 0.3) is 0 Å². The van der Waals surface area contributed by atoms with E-state index in [1.807, 2.05) is 61.7 Å². The topological polar surface area (TPSA) is 103 Å². The fourth-order valence-corrected chi connectivity index (χ4v) is 3.57. The molecular weight excluding hydrogens is 416 g/mol. The number of rotatable bonds is 9. The first-order valence-electron chi connectivity index (χ1n) is 11.3. The van der Waals surface area contributed by atoms with Crippen LogP contribution in [-0.2, 0) is 20.8 Å². The number of fused-ring (bicyclic) bond motifs is 1. The van der Waals surface area contributed by atoms with Crippen molar-refractivity contribution in [2.45, 2.75) is 52.6 Å². The summed E-state index contributed by atoms with van der Waals surface area (Å²) in [7, 11) is 0. The van der Waals surface area contributed by atoms with Crippen LogP contribution in [0.3, 0.4) is 0 Å². The third kappa shape index (κ3) is 6.22. The minimum absolute atomic E-state index is 0.0508. The van der Waals surface area contributed by atoms with Gasteiger partial charge < -0.3 is 20.9 Å². The molecule has 0 aliphatic carbocycles. The fourth-order valence-electron chi connectivity index (χ4n) is 3.57. The highest BCUT2D eigenvalue weighted by Crippen LogP contribution is 2.20. The minimum Gasteiger partial charge on any atom is -0.361 e. The molecule has 0 spiro atoms. The van der Waals surface area contributed by atoms with Crippen LogP contribution in [0.5, 0.6) is 0 Å². The summed E-state index contributed by atoms with van der Waals surface area (Å²) in [5, 5.41) is 9.77. The van der Waals surface area contributed by atoms with Crippen molar-refractivity contribution in [3.63, 3.8) is 0 Å². The summed E-state index contributed by atoms with van der Waals surface area (Å²) in [6, 6.07) is 14.3. The second-order valence-electron chi connectivity index (χ2n) is 8.53. The van der Waals surface area contributed by atoms with Crippen LogP contribution in [0.25, 0.3) is 10.9 Å². The van der Waals surface area contributed by atoms with Gasteiger partial charge in [0.05, 0.1) is 6.04 Å². The Bertz CT molecular complexity index is 1120. The summed E-state index contributed by atoms with van der Waals surface area (Å²) in [5.41, 5.74) is 3.58. The van der Waals surface area contributed by atoms with Gasteiger partial charge in [0.1, 0.15) is 6.04 Å². The Labute approximate surface area is 194 Å². The van der Waals surface area contributed by atoms with Crippen LogP contribution < -0.4 is 16.0 Å². The molecule has 0 fully saturated rings. The van der Waals surface area contributed by atoms with Crippen LogP contribution in [0.1, 0.15) is 51.3 Å². The number of amides is 3. The Morgan fingerprint density at radius 2 is 1.61 bits per heavy atom. The van der Waals surface area contributed by atoms with Gasteiger partial charge in [0.15, 0.2) is 0 Å². The zero-order chi connectivity index (χ0) is 24.0. The molecule has 0 aliphatic heterocycles. The van der Waals surface area contributed by atoms with Crippen molar-refractivity contribution in [2.75, 3.05) is 5.32 Å². The normalized spacial score (nSPS) is 12.9. The molecule has 2 aromatic carbocycles. The van der Waals surface area contributed by atoms with Crippen molar-refractivity contribution in [2.24, 2.45) is 5.92 Å². The molecule has 7 heteroatoms. The molecule has 2 unspecified atom stereocenters. The number of H-pyrrole nitrogens is 1. The Morgan fingerprint density at radius 3 is 2.27 bits per heavy atom.